The predicted octanol–water partition coefficient (Wildman–Crippen LogP) is 3.21. The van der Waals surface area contributed by atoms with Crippen molar-refractivity contribution in [2.45, 2.75) is 6.04 Å². The maximum atomic E-state index is 13.5. The minimum Gasteiger partial charge on any atom is -0.396 e. The molecule has 7 heteroatoms. The van der Waals surface area contributed by atoms with Gasteiger partial charge in [-0.25, -0.2) is 19.8 Å². The maximum absolute atomic E-state index is 13.5. The van der Waals surface area contributed by atoms with Crippen LogP contribution < -0.4 is 11.2 Å². The van der Waals surface area contributed by atoms with Crippen molar-refractivity contribution < 1.29 is 4.39 Å². The Bertz CT molecular complexity index is 906. The highest BCUT2D eigenvalue weighted by atomic mass is 35.5. The third-order valence-electron chi connectivity index (χ3n) is 3.95. The van der Waals surface area contributed by atoms with Gasteiger partial charge in [-0.15, -0.1) is 0 Å². The molecule has 1 aromatic heterocycles. The van der Waals surface area contributed by atoms with Crippen LogP contribution in [0.4, 0.5) is 10.1 Å². The lowest BCUT2D eigenvalue weighted by molar-refractivity contribution is 0.354. The number of hydrazine groups is 1. The SMILES string of the molecule is Nc1cc(C2NN3C=CC=CC3=C2c2ccnc(Cl)n2)ccc1F. The van der Waals surface area contributed by atoms with E-state index in [2.05, 4.69) is 15.4 Å². The van der Waals surface area contributed by atoms with E-state index < -0.39 is 5.82 Å². The first-order valence-electron chi connectivity index (χ1n) is 7.32. The molecule has 3 N–H and O–H groups in total. The number of rotatable bonds is 2. The maximum Gasteiger partial charge on any atom is 0.222 e. The van der Waals surface area contributed by atoms with E-state index in [0.29, 0.717) is 5.69 Å². The summed E-state index contributed by atoms with van der Waals surface area (Å²) in [4.78, 5) is 8.26. The number of fused-ring (bicyclic) bond motifs is 1. The molecule has 0 saturated carbocycles. The van der Waals surface area contributed by atoms with Gasteiger partial charge in [0, 0.05) is 18.0 Å². The van der Waals surface area contributed by atoms with E-state index in [4.69, 9.17) is 17.3 Å². The molecule has 0 aliphatic carbocycles. The van der Waals surface area contributed by atoms with E-state index in [1.54, 1.807) is 24.4 Å². The van der Waals surface area contributed by atoms with Crippen LogP contribution in [0, 0.1) is 5.82 Å². The quantitative estimate of drug-likeness (QED) is 0.648. The van der Waals surface area contributed by atoms with E-state index in [0.717, 1.165) is 16.8 Å². The van der Waals surface area contributed by atoms with Crippen molar-refractivity contribution in [2.24, 2.45) is 0 Å². The number of nitrogens with zero attached hydrogens (tertiary/aromatic N) is 3. The number of benzene rings is 1. The van der Waals surface area contributed by atoms with Crippen molar-refractivity contribution in [1.82, 2.24) is 20.4 Å². The van der Waals surface area contributed by atoms with Crippen LogP contribution in [0.15, 0.2) is 60.6 Å². The van der Waals surface area contributed by atoms with Gasteiger partial charge in [-0.1, -0.05) is 12.1 Å². The largest absolute Gasteiger partial charge is 0.396 e. The first kappa shape index (κ1) is 14.9. The zero-order chi connectivity index (χ0) is 16.7. The molecule has 2 aromatic rings. The molecule has 5 nitrogen and oxygen atoms in total. The highest BCUT2D eigenvalue weighted by Crippen LogP contribution is 2.40. The molecule has 3 heterocycles. The normalized spacial score (nSPS) is 19.1. The first-order valence-corrected chi connectivity index (χ1v) is 7.69. The van der Waals surface area contributed by atoms with Gasteiger partial charge >= 0.3 is 0 Å². The first-order chi connectivity index (χ1) is 11.6. The molecule has 4 rings (SSSR count). The number of hydrogen-bond donors (Lipinski definition) is 2. The summed E-state index contributed by atoms with van der Waals surface area (Å²) in [6.45, 7) is 0. The van der Waals surface area contributed by atoms with Gasteiger partial charge in [0.15, 0.2) is 0 Å². The topological polar surface area (TPSA) is 67.1 Å². The van der Waals surface area contributed by atoms with Crippen LogP contribution in [0.1, 0.15) is 17.3 Å². The summed E-state index contributed by atoms with van der Waals surface area (Å²) in [5.74, 6) is -0.437. The van der Waals surface area contributed by atoms with Crippen LogP contribution in [0.5, 0.6) is 0 Å². The van der Waals surface area contributed by atoms with Crippen LogP contribution >= 0.6 is 11.6 Å². The second-order valence-corrected chi connectivity index (χ2v) is 5.76. The van der Waals surface area contributed by atoms with Crippen molar-refractivity contribution >= 4 is 22.9 Å². The number of nitrogen functional groups attached to an aromatic ring is 1. The summed E-state index contributed by atoms with van der Waals surface area (Å²) in [6.07, 6.45) is 9.36. The molecule has 0 bridgehead atoms. The van der Waals surface area contributed by atoms with Crippen LogP contribution in [-0.4, -0.2) is 15.0 Å². The zero-order valence-electron chi connectivity index (χ0n) is 12.4. The molecule has 2 aliphatic heterocycles. The Kier molecular flexibility index (Phi) is 3.55. The van der Waals surface area contributed by atoms with Crippen molar-refractivity contribution in [3.8, 4) is 0 Å². The number of nitrogens with two attached hydrogens (primary N) is 1. The van der Waals surface area contributed by atoms with Crippen LogP contribution in [-0.2, 0) is 0 Å². The number of aromatic nitrogens is 2. The monoisotopic (exact) mass is 341 g/mol. The lowest BCUT2D eigenvalue weighted by Gasteiger charge is -2.20. The van der Waals surface area contributed by atoms with Crippen LogP contribution in [0.25, 0.3) is 5.57 Å². The van der Waals surface area contributed by atoms with Gasteiger partial charge in [0.05, 0.1) is 23.1 Å². The Labute approximate surface area is 142 Å². The van der Waals surface area contributed by atoms with Gasteiger partial charge in [0.1, 0.15) is 5.82 Å². The third kappa shape index (κ3) is 2.46. The fourth-order valence-corrected chi connectivity index (χ4v) is 3.02. The van der Waals surface area contributed by atoms with Gasteiger partial charge in [-0.2, -0.15) is 0 Å². The molecule has 0 amide bonds. The average molecular weight is 342 g/mol. The molecule has 0 radical (unpaired) electrons. The molecule has 0 fully saturated rings. The Hall–Kier alpha value is -2.70. The number of allylic oxidation sites excluding steroid dienone is 3. The standard InChI is InChI=1S/C17H13ClFN5/c18-17-21-7-6-13(22-17)15-14-3-1-2-8-24(14)23-16(15)10-4-5-11(19)12(20)9-10/h1-9,16,23H,20H2. The molecule has 2 aliphatic rings. The van der Waals surface area contributed by atoms with Crippen molar-refractivity contribution in [3.05, 3.63) is 82.9 Å². The predicted molar refractivity (Wildman–Crippen MR) is 90.8 cm³/mol. The van der Waals surface area contributed by atoms with Crippen LogP contribution in [0.3, 0.4) is 0 Å². The van der Waals surface area contributed by atoms with E-state index in [1.165, 1.54) is 6.07 Å². The highest BCUT2D eigenvalue weighted by molar-refractivity contribution is 6.28. The molecule has 1 unspecified atom stereocenters. The van der Waals surface area contributed by atoms with E-state index in [1.807, 2.05) is 29.4 Å². The summed E-state index contributed by atoms with van der Waals surface area (Å²) in [5, 5.41) is 2.07. The molecule has 1 atom stereocenters. The van der Waals surface area contributed by atoms with Gasteiger partial charge < -0.3 is 5.73 Å². The third-order valence-corrected chi connectivity index (χ3v) is 4.13. The lowest BCUT2D eigenvalue weighted by Crippen LogP contribution is -2.29. The van der Waals surface area contributed by atoms with Gasteiger partial charge in [0.25, 0.3) is 0 Å². The Morgan fingerprint density at radius 2 is 2.12 bits per heavy atom. The Morgan fingerprint density at radius 3 is 2.92 bits per heavy atom. The smallest absolute Gasteiger partial charge is 0.222 e. The van der Waals surface area contributed by atoms with E-state index in [-0.39, 0.29) is 17.0 Å². The van der Waals surface area contributed by atoms with Crippen molar-refractivity contribution in [2.75, 3.05) is 5.73 Å². The van der Waals surface area contributed by atoms with Crippen molar-refractivity contribution in [1.29, 1.82) is 0 Å². The summed E-state index contributed by atoms with van der Waals surface area (Å²) in [5.41, 5.74) is 12.6. The highest BCUT2D eigenvalue weighted by Gasteiger charge is 2.33. The molecule has 120 valence electrons. The number of halogens is 2. The van der Waals surface area contributed by atoms with Gasteiger partial charge in [0.2, 0.25) is 5.28 Å². The summed E-state index contributed by atoms with van der Waals surface area (Å²) < 4.78 is 13.5. The second kappa shape index (κ2) is 5.74. The molecule has 24 heavy (non-hydrogen) atoms. The molecule has 0 spiro atoms. The fraction of sp³-hybridized carbons (Fsp3) is 0.0588. The minimum absolute atomic E-state index is 0.107. The van der Waals surface area contributed by atoms with E-state index >= 15 is 0 Å². The van der Waals surface area contributed by atoms with Crippen LogP contribution in [0.2, 0.25) is 5.28 Å². The molecular formula is C17H13ClFN5. The number of hydrogen-bond acceptors (Lipinski definition) is 5. The van der Waals surface area contributed by atoms with Gasteiger partial charge in [-0.05, 0) is 47.5 Å². The molecule has 1 aromatic carbocycles. The lowest BCUT2D eigenvalue weighted by atomic mass is 9.95. The molecular weight excluding hydrogens is 329 g/mol. The fourth-order valence-electron chi connectivity index (χ4n) is 2.87. The minimum atomic E-state index is -0.437. The summed E-state index contributed by atoms with van der Waals surface area (Å²) >= 11 is 5.96. The van der Waals surface area contributed by atoms with Gasteiger partial charge in [-0.3, -0.25) is 5.01 Å². The number of nitrogens with one attached hydrogen (secondary N) is 1. The summed E-state index contributed by atoms with van der Waals surface area (Å²) in [6, 6.07) is 6.26. The Morgan fingerprint density at radius 1 is 1.25 bits per heavy atom. The van der Waals surface area contributed by atoms with Crippen molar-refractivity contribution in [3.63, 3.8) is 0 Å². The average Bonchev–Trinajstić information content (AvgIpc) is 2.97. The van der Waals surface area contributed by atoms with E-state index in [9.17, 15) is 4.39 Å². The number of anilines is 1. The Balaban J connectivity index is 1.87. The second-order valence-electron chi connectivity index (χ2n) is 5.42. The summed E-state index contributed by atoms with van der Waals surface area (Å²) in [7, 11) is 0. The zero-order valence-corrected chi connectivity index (χ0v) is 13.2. The molecule has 0 saturated heterocycles.